The molecule has 1 spiro atoms. The standard InChI is InChI=1S/C14H14FN5OS/c15-10-2-1-9-11(18-10)22-13(17-9)19-12-16-6-14(21-12)7-20-4-3-8(14)5-20/h1-2,8H,3-7H2,(H,16,17,19)/t8-,14+/m1/s1. The molecular weight excluding hydrogens is 305 g/mol. The van der Waals surface area contributed by atoms with Crippen molar-refractivity contribution in [2.24, 2.45) is 10.9 Å². The molecule has 22 heavy (non-hydrogen) atoms. The highest BCUT2D eigenvalue weighted by Gasteiger charge is 2.54. The van der Waals surface area contributed by atoms with Crippen LogP contribution < -0.4 is 5.32 Å². The van der Waals surface area contributed by atoms with E-state index in [1.54, 1.807) is 6.07 Å². The molecule has 2 aromatic heterocycles. The Balaban J connectivity index is 1.35. The summed E-state index contributed by atoms with van der Waals surface area (Å²) in [5.74, 6) is 0.0776. The molecule has 3 aliphatic rings. The van der Waals surface area contributed by atoms with Gasteiger partial charge in [-0.25, -0.2) is 15.0 Å². The largest absolute Gasteiger partial charge is 0.455 e. The maximum atomic E-state index is 13.1. The minimum absolute atomic E-state index is 0.151. The van der Waals surface area contributed by atoms with Gasteiger partial charge < -0.3 is 4.74 Å². The van der Waals surface area contributed by atoms with Gasteiger partial charge >= 0.3 is 0 Å². The lowest BCUT2D eigenvalue weighted by atomic mass is 9.88. The monoisotopic (exact) mass is 319 g/mol. The quantitative estimate of drug-likeness (QED) is 0.811. The fourth-order valence-corrected chi connectivity index (χ4v) is 4.49. The molecule has 0 amide bonds. The first kappa shape index (κ1) is 12.7. The number of amidine groups is 1. The van der Waals surface area contributed by atoms with Gasteiger partial charge in [-0.1, -0.05) is 11.3 Å². The van der Waals surface area contributed by atoms with Crippen LogP contribution in [0.15, 0.2) is 17.1 Å². The maximum absolute atomic E-state index is 13.1. The lowest BCUT2D eigenvalue weighted by molar-refractivity contribution is 0.0364. The Morgan fingerprint density at radius 1 is 1.41 bits per heavy atom. The van der Waals surface area contributed by atoms with Gasteiger partial charge in [0.15, 0.2) is 5.13 Å². The highest BCUT2D eigenvalue weighted by molar-refractivity contribution is 7.21. The molecule has 6 nitrogen and oxygen atoms in total. The van der Waals surface area contributed by atoms with E-state index in [1.165, 1.54) is 30.4 Å². The number of nitrogens with zero attached hydrogens (tertiary/aromatic N) is 4. The second-order valence-corrected chi connectivity index (χ2v) is 7.09. The van der Waals surface area contributed by atoms with E-state index in [0.29, 0.717) is 34.0 Å². The molecule has 1 N–H and O–H groups in total. The van der Waals surface area contributed by atoms with Crippen LogP contribution in [-0.2, 0) is 4.74 Å². The van der Waals surface area contributed by atoms with E-state index in [1.807, 2.05) is 0 Å². The molecule has 2 aromatic rings. The van der Waals surface area contributed by atoms with E-state index in [4.69, 9.17) is 4.74 Å². The summed E-state index contributed by atoms with van der Waals surface area (Å²) in [6, 6.07) is 3.46. The van der Waals surface area contributed by atoms with Gasteiger partial charge in [-0.3, -0.25) is 10.2 Å². The van der Waals surface area contributed by atoms with Crippen molar-refractivity contribution in [2.75, 3.05) is 31.5 Å². The summed E-state index contributed by atoms with van der Waals surface area (Å²) in [6.07, 6.45) is 1.19. The number of aromatic nitrogens is 2. The average Bonchev–Trinajstić information content (AvgIpc) is 3.23. The first-order valence-electron chi connectivity index (χ1n) is 7.36. The zero-order chi connectivity index (χ0) is 14.7. The summed E-state index contributed by atoms with van der Waals surface area (Å²) in [6.45, 7) is 3.95. The van der Waals surface area contributed by atoms with Crippen LogP contribution in [0.2, 0.25) is 0 Å². The maximum Gasteiger partial charge on any atom is 0.291 e. The van der Waals surface area contributed by atoms with Crippen molar-refractivity contribution >= 4 is 32.8 Å². The highest BCUT2D eigenvalue weighted by atomic mass is 32.1. The smallest absolute Gasteiger partial charge is 0.291 e. The molecule has 0 aliphatic carbocycles. The molecule has 3 atom stereocenters. The van der Waals surface area contributed by atoms with Crippen molar-refractivity contribution in [3.8, 4) is 0 Å². The minimum Gasteiger partial charge on any atom is -0.455 e. The molecule has 2 bridgehead atoms. The summed E-state index contributed by atoms with van der Waals surface area (Å²) in [5.41, 5.74) is 0.523. The third-order valence-electron chi connectivity index (χ3n) is 4.73. The van der Waals surface area contributed by atoms with Gasteiger partial charge in [0.25, 0.3) is 6.02 Å². The summed E-state index contributed by atoms with van der Waals surface area (Å²) < 4.78 is 19.3. The van der Waals surface area contributed by atoms with Crippen LogP contribution in [0.3, 0.4) is 0 Å². The van der Waals surface area contributed by atoms with E-state index in [-0.39, 0.29) is 5.60 Å². The predicted octanol–water partition coefficient (Wildman–Crippen LogP) is 1.70. The SMILES string of the molecule is Fc1ccc2nc(NC3=NC[C@@]4(CN5CC[C@@H]4C5)O3)sc2n1. The summed E-state index contributed by atoms with van der Waals surface area (Å²) in [7, 11) is 0. The average molecular weight is 319 g/mol. The normalized spacial score (nSPS) is 32.7. The van der Waals surface area contributed by atoms with Gasteiger partial charge in [0.2, 0.25) is 5.95 Å². The molecule has 2 fully saturated rings. The van der Waals surface area contributed by atoms with Crippen LogP contribution in [0, 0.1) is 11.9 Å². The second-order valence-electron chi connectivity index (χ2n) is 6.11. The molecule has 0 radical (unpaired) electrons. The Morgan fingerprint density at radius 3 is 3.18 bits per heavy atom. The Hall–Kier alpha value is -1.80. The van der Waals surface area contributed by atoms with Crippen LogP contribution in [0.5, 0.6) is 0 Å². The fraction of sp³-hybridized carbons (Fsp3) is 0.500. The van der Waals surface area contributed by atoms with E-state index in [9.17, 15) is 4.39 Å². The number of halogens is 1. The Morgan fingerprint density at radius 2 is 2.36 bits per heavy atom. The zero-order valence-corrected chi connectivity index (χ0v) is 12.6. The van der Waals surface area contributed by atoms with Crippen LogP contribution in [-0.4, -0.2) is 52.7 Å². The number of rotatable bonds is 1. The molecule has 0 aromatic carbocycles. The van der Waals surface area contributed by atoms with Crippen molar-refractivity contribution in [3.05, 3.63) is 18.1 Å². The van der Waals surface area contributed by atoms with E-state index in [0.717, 1.165) is 13.1 Å². The molecule has 5 heterocycles. The lowest BCUT2D eigenvalue weighted by Crippen LogP contribution is -2.46. The Kier molecular flexibility index (Phi) is 2.52. The van der Waals surface area contributed by atoms with Crippen LogP contribution in [0.4, 0.5) is 9.52 Å². The molecule has 0 saturated carbocycles. The van der Waals surface area contributed by atoms with Crippen LogP contribution >= 0.6 is 11.3 Å². The molecular formula is C14H14FN5OS. The number of fused-ring (bicyclic) bond motifs is 4. The topological polar surface area (TPSA) is 62.6 Å². The number of pyridine rings is 1. The van der Waals surface area contributed by atoms with Gasteiger partial charge in [0.1, 0.15) is 15.9 Å². The summed E-state index contributed by atoms with van der Waals surface area (Å²) in [4.78, 5) is 15.7. The Bertz CT molecular complexity index is 793. The number of hydrogen-bond acceptors (Lipinski definition) is 7. The van der Waals surface area contributed by atoms with Crippen molar-refractivity contribution in [3.63, 3.8) is 0 Å². The van der Waals surface area contributed by atoms with Gasteiger partial charge in [0.05, 0.1) is 6.54 Å². The first-order chi connectivity index (χ1) is 10.7. The van der Waals surface area contributed by atoms with Gasteiger partial charge in [-0.05, 0) is 25.1 Å². The third-order valence-corrected chi connectivity index (χ3v) is 5.61. The van der Waals surface area contributed by atoms with E-state index < -0.39 is 5.95 Å². The van der Waals surface area contributed by atoms with Gasteiger partial charge in [-0.2, -0.15) is 4.39 Å². The number of anilines is 1. The number of ether oxygens (including phenoxy) is 1. The summed E-state index contributed by atoms with van der Waals surface area (Å²) >= 11 is 1.30. The van der Waals surface area contributed by atoms with Crippen LogP contribution in [0.25, 0.3) is 10.3 Å². The Labute approximate surface area is 130 Å². The number of aliphatic imine (C=N–C) groups is 1. The van der Waals surface area contributed by atoms with Gasteiger partial charge in [0, 0.05) is 19.0 Å². The van der Waals surface area contributed by atoms with Crippen LogP contribution in [0.1, 0.15) is 6.42 Å². The van der Waals surface area contributed by atoms with E-state index >= 15 is 0 Å². The van der Waals surface area contributed by atoms with Crippen molar-refractivity contribution in [1.82, 2.24) is 14.9 Å². The molecule has 2 saturated heterocycles. The predicted molar refractivity (Wildman–Crippen MR) is 81.7 cm³/mol. The number of thiazole rings is 1. The minimum atomic E-state index is -0.493. The third kappa shape index (κ3) is 1.83. The molecule has 1 unspecified atom stereocenters. The molecule has 5 rings (SSSR count). The number of hydrogen-bond donors (Lipinski definition) is 1. The molecule has 114 valence electrons. The number of piperidine rings is 1. The highest BCUT2D eigenvalue weighted by Crippen LogP contribution is 2.41. The van der Waals surface area contributed by atoms with Crippen molar-refractivity contribution in [2.45, 2.75) is 12.0 Å². The number of nitrogens with one attached hydrogen (secondary N) is 1. The molecule has 3 aliphatic heterocycles. The zero-order valence-electron chi connectivity index (χ0n) is 11.8. The second kappa shape index (κ2) is 4.36. The molecule has 8 heteroatoms. The van der Waals surface area contributed by atoms with Crippen molar-refractivity contribution in [1.29, 1.82) is 0 Å². The van der Waals surface area contributed by atoms with Gasteiger partial charge in [-0.15, -0.1) is 0 Å². The lowest BCUT2D eigenvalue weighted by Gasteiger charge is -2.31. The van der Waals surface area contributed by atoms with E-state index in [2.05, 4.69) is 25.2 Å². The van der Waals surface area contributed by atoms with Crippen molar-refractivity contribution < 1.29 is 9.13 Å². The first-order valence-corrected chi connectivity index (χ1v) is 8.18. The fourth-order valence-electron chi connectivity index (χ4n) is 3.68. The summed E-state index contributed by atoms with van der Waals surface area (Å²) in [5, 5.41) is 3.75.